The highest BCUT2D eigenvalue weighted by atomic mass is 32.2. The number of methoxy groups -OCH3 is 1. The summed E-state index contributed by atoms with van der Waals surface area (Å²) < 4.78 is 44.5. The number of esters is 1. The molecule has 0 amide bonds. The van der Waals surface area contributed by atoms with Crippen LogP contribution in [0.2, 0.25) is 0 Å². The van der Waals surface area contributed by atoms with Crippen LogP contribution in [0, 0.1) is 0 Å². The van der Waals surface area contributed by atoms with E-state index < -0.39 is 17.7 Å². The molecule has 0 atom stereocenters. The number of carbonyl (C=O) groups is 1. The standard InChI is InChI=1S/C19H14F3NO3S2/c1-26-17(25)14(9-24)13-5-3-2-4-11(13)10-27-18-23-15-8-12(19(20,21)22)6-7-16(15)28-18/h2-9,24H,10H2,1H3. The molecule has 9 heteroatoms. The van der Waals surface area contributed by atoms with Crippen LogP contribution in [0.3, 0.4) is 0 Å². The van der Waals surface area contributed by atoms with Gasteiger partial charge in [-0.15, -0.1) is 11.3 Å². The number of hydrogen-bond donors (Lipinski definition) is 1. The number of thioether (sulfide) groups is 1. The van der Waals surface area contributed by atoms with E-state index in [4.69, 9.17) is 0 Å². The Bertz CT molecular complexity index is 1040. The van der Waals surface area contributed by atoms with Gasteiger partial charge in [-0.1, -0.05) is 36.0 Å². The zero-order chi connectivity index (χ0) is 20.3. The van der Waals surface area contributed by atoms with Crippen LogP contribution in [0.1, 0.15) is 16.7 Å². The lowest BCUT2D eigenvalue weighted by Crippen LogP contribution is -2.06. The van der Waals surface area contributed by atoms with Crippen LogP contribution in [-0.2, 0) is 21.5 Å². The molecule has 1 aromatic heterocycles. The van der Waals surface area contributed by atoms with Crippen molar-refractivity contribution in [2.45, 2.75) is 16.3 Å². The van der Waals surface area contributed by atoms with E-state index in [1.807, 2.05) is 0 Å². The first-order valence-corrected chi connectivity index (χ1v) is 9.75. The Labute approximate surface area is 166 Å². The third-order valence-electron chi connectivity index (χ3n) is 3.89. The second kappa shape index (κ2) is 8.24. The lowest BCUT2D eigenvalue weighted by Gasteiger charge is -2.10. The predicted molar refractivity (Wildman–Crippen MR) is 103 cm³/mol. The van der Waals surface area contributed by atoms with E-state index in [9.17, 15) is 23.1 Å². The summed E-state index contributed by atoms with van der Waals surface area (Å²) in [5.74, 6) is -0.254. The molecule has 0 aliphatic heterocycles. The van der Waals surface area contributed by atoms with Crippen LogP contribution in [0.4, 0.5) is 13.2 Å². The van der Waals surface area contributed by atoms with Crippen molar-refractivity contribution in [2.24, 2.45) is 0 Å². The van der Waals surface area contributed by atoms with Gasteiger partial charge in [0.1, 0.15) is 5.57 Å². The Morgan fingerprint density at radius 2 is 2.04 bits per heavy atom. The second-order valence-electron chi connectivity index (χ2n) is 5.64. The summed E-state index contributed by atoms with van der Waals surface area (Å²) in [5.41, 5.74) is 0.861. The number of thiazole rings is 1. The molecule has 0 unspecified atom stereocenters. The van der Waals surface area contributed by atoms with Gasteiger partial charge in [-0.25, -0.2) is 9.78 Å². The highest BCUT2D eigenvalue weighted by Crippen LogP contribution is 2.36. The molecule has 4 nitrogen and oxygen atoms in total. The van der Waals surface area contributed by atoms with Gasteiger partial charge in [0.05, 0.1) is 29.2 Å². The molecule has 146 valence electrons. The van der Waals surface area contributed by atoms with Gasteiger partial charge >= 0.3 is 12.1 Å². The number of fused-ring (bicyclic) bond motifs is 1. The zero-order valence-electron chi connectivity index (χ0n) is 14.5. The SMILES string of the molecule is COC(=O)C(=CO)c1ccccc1CSc1nc2cc(C(F)(F)F)ccc2s1. The molecule has 1 heterocycles. The Balaban J connectivity index is 1.84. The number of hydrogen-bond acceptors (Lipinski definition) is 6. The normalized spacial score (nSPS) is 12.4. The molecule has 1 N–H and O–H groups in total. The monoisotopic (exact) mass is 425 g/mol. The summed E-state index contributed by atoms with van der Waals surface area (Å²) in [5, 5.41) is 9.41. The smallest absolute Gasteiger partial charge is 0.416 e. The largest absolute Gasteiger partial charge is 0.515 e. The van der Waals surface area contributed by atoms with Crippen molar-refractivity contribution in [1.82, 2.24) is 4.98 Å². The van der Waals surface area contributed by atoms with Crippen molar-refractivity contribution < 1.29 is 27.8 Å². The maximum absolute atomic E-state index is 12.8. The number of aromatic nitrogens is 1. The minimum Gasteiger partial charge on any atom is -0.515 e. The van der Waals surface area contributed by atoms with Gasteiger partial charge in [0.25, 0.3) is 0 Å². The van der Waals surface area contributed by atoms with Gasteiger partial charge in [0, 0.05) is 5.75 Å². The highest BCUT2D eigenvalue weighted by Gasteiger charge is 2.30. The summed E-state index contributed by atoms with van der Waals surface area (Å²) in [6.07, 6.45) is -3.71. The van der Waals surface area contributed by atoms with Crippen LogP contribution in [0.15, 0.2) is 53.1 Å². The summed E-state index contributed by atoms with van der Waals surface area (Å²) >= 11 is 2.63. The van der Waals surface area contributed by atoms with Crippen LogP contribution in [0.5, 0.6) is 0 Å². The molecule has 3 aromatic rings. The summed E-state index contributed by atoms with van der Waals surface area (Å²) in [6.45, 7) is 0. The van der Waals surface area contributed by atoms with Crippen LogP contribution < -0.4 is 0 Å². The van der Waals surface area contributed by atoms with Crippen LogP contribution in [0.25, 0.3) is 15.8 Å². The average Bonchev–Trinajstić information content (AvgIpc) is 3.09. The number of aliphatic hydroxyl groups excluding tert-OH is 1. The first-order chi connectivity index (χ1) is 13.3. The first-order valence-electron chi connectivity index (χ1n) is 7.95. The number of ether oxygens (including phenoxy) is 1. The quantitative estimate of drug-likeness (QED) is 0.247. The van der Waals surface area contributed by atoms with Crippen molar-refractivity contribution in [2.75, 3.05) is 7.11 Å². The highest BCUT2D eigenvalue weighted by molar-refractivity contribution is 8.00. The van der Waals surface area contributed by atoms with Crippen molar-refractivity contribution in [3.63, 3.8) is 0 Å². The van der Waals surface area contributed by atoms with E-state index in [1.165, 1.54) is 36.3 Å². The summed E-state index contributed by atoms with van der Waals surface area (Å²) in [6, 6.07) is 10.5. The predicted octanol–water partition coefficient (Wildman–Crippen LogP) is 5.68. The maximum atomic E-state index is 12.8. The zero-order valence-corrected chi connectivity index (χ0v) is 16.1. The van der Waals surface area contributed by atoms with Gasteiger partial charge in [-0.05, 0) is 29.3 Å². The fourth-order valence-electron chi connectivity index (χ4n) is 2.53. The van der Waals surface area contributed by atoms with Crippen LogP contribution in [-0.4, -0.2) is 23.2 Å². The van der Waals surface area contributed by atoms with Gasteiger partial charge in [-0.3, -0.25) is 0 Å². The van der Waals surface area contributed by atoms with Gasteiger partial charge in [0.15, 0.2) is 4.34 Å². The van der Waals surface area contributed by atoms with Crippen molar-refractivity contribution in [3.8, 4) is 0 Å². The molecule has 0 spiro atoms. The number of aliphatic hydroxyl groups is 1. The fraction of sp³-hybridized carbons (Fsp3) is 0.158. The molecular weight excluding hydrogens is 411 g/mol. The Hall–Kier alpha value is -2.52. The van der Waals surface area contributed by atoms with E-state index in [1.54, 1.807) is 24.3 Å². The minimum atomic E-state index is -4.41. The summed E-state index contributed by atoms with van der Waals surface area (Å²) in [7, 11) is 1.22. The number of carbonyl (C=O) groups excluding carboxylic acids is 1. The number of rotatable bonds is 5. The molecule has 2 aromatic carbocycles. The molecule has 3 rings (SSSR count). The third kappa shape index (κ3) is 4.31. The molecule has 0 radical (unpaired) electrons. The third-order valence-corrected chi connectivity index (χ3v) is 6.12. The average molecular weight is 425 g/mol. The maximum Gasteiger partial charge on any atom is 0.416 e. The lowest BCUT2D eigenvalue weighted by molar-refractivity contribution is -0.137. The number of halogens is 3. The van der Waals surface area contributed by atoms with Crippen LogP contribution >= 0.6 is 23.1 Å². The number of alkyl halides is 3. The van der Waals surface area contributed by atoms with Crippen molar-refractivity contribution >= 4 is 44.9 Å². The molecule has 0 aliphatic carbocycles. The van der Waals surface area contributed by atoms with Crippen molar-refractivity contribution in [1.29, 1.82) is 0 Å². The topological polar surface area (TPSA) is 59.4 Å². The van der Waals surface area contributed by atoms with E-state index >= 15 is 0 Å². The van der Waals surface area contributed by atoms with E-state index in [2.05, 4.69) is 9.72 Å². The lowest BCUT2D eigenvalue weighted by atomic mass is 10.0. The number of nitrogens with zero attached hydrogens (tertiary/aromatic N) is 1. The van der Waals surface area contributed by atoms with Gasteiger partial charge in [0.2, 0.25) is 0 Å². The summed E-state index contributed by atoms with van der Waals surface area (Å²) in [4.78, 5) is 16.1. The minimum absolute atomic E-state index is 0.0258. The second-order valence-corrected chi connectivity index (χ2v) is 7.89. The Morgan fingerprint density at radius 3 is 2.71 bits per heavy atom. The van der Waals surface area contributed by atoms with E-state index in [0.717, 1.165) is 17.7 Å². The fourth-order valence-corrected chi connectivity index (χ4v) is 4.59. The Morgan fingerprint density at radius 1 is 1.29 bits per heavy atom. The molecule has 0 aliphatic rings. The molecule has 0 saturated carbocycles. The molecular formula is C19H14F3NO3S2. The van der Waals surface area contributed by atoms with E-state index in [0.29, 0.717) is 32.1 Å². The molecule has 0 fully saturated rings. The van der Waals surface area contributed by atoms with Gasteiger partial charge in [-0.2, -0.15) is 13.2 Å². The van der Waals surface area contributed by atoms with Gasteiger partial charge < -0.3 is 9.84 Å². The first kappa shape index (κ1) is 20.2. The van der Waals surface area contributed by atoms with E-state index in [-0.39, 0.29) is 5.57 Å². The molecule has 0 saturated heterocycles. The van der Waals surface area contributed by atoms with Crippen molar-refractivity contribution in [3.05, 3.63) is 65.4 Å². The molecule has 0 bridgehead atoms. The number of benzene rings is 2. The Kier molecular flexibility index (Phi) is 5.95. The molecule has 28 heavy (non-hydrogen) atoms.